The van der Waals surface area contributed by atoms with Gasteiger partial charge >= 0.3 is 11.9 Å². The second-order valence-corrected chi connectivity index (χ2v) is 7.64. The third kappa shape index (κ3) is 3.91. The molecule has 0 spiro atoms. The van der Waals surface area contributed by atoms with Gasteiger partial charge in [0.05, 0.1) is 20.1 Å². The Balaban J connectivity index is 1.69. The van der Waals surface area contributed by atoms with E-state index in [2.05, 4.69) is 0 Å². The molecule has 1 N–H and O–H groups in total. The first-order valence-electron chi connectivity index (χ1n) is 10.0. The van der Waals surface area contributed by atoms with E-state index in [1.54, 1.807) is 36.4 Å². The largest absolute Gasteiger partial charge is 0.493 e. The first kappa shape index (κ1) is 21.8. The molecule has 1 saturated heterocycles. The molecule has 4 rings (SSSR count). The minimum Gasteiger partial charge on any atom is -0.493 e. The molecule has 0 amide bonds. The highest BCUT2D eigenvalue weighted by Gasteiger charge is 2.55. The third-order valence-electron chi connectivity index (χ3n) is 5.67. The van der Waals surface area contributed by atoms with Gasteiger partial charge in [-0.1, -0.05) is 12.1 Å². The number of benzene rings is 2. The molecular formula is C23H24O9. The number of cyclic esters (lactones) is 1. The lowest BCUT2D eigenvalue weighted by molar-refractivity contribution is -0.162. The van der Waals surface area contributed by atoms with E-state index in [4.69, 9.17) is 28.4 Å². The van der Waals surface area contributed by atoms with Crippen LogP contribution in [-0.2, 0) is 25.5 Å². The molecule has 2 aromatic rings. The summed E-state index contributed by atoms with van der Waals surface area (Å²) >= 11 is 0. The number of hydrogen-bond donors (Lipinski definition) is 1. The number of fused-ring (bicyclic) bond motifs is 1. The van der Waals surface area contributed by atoms with Crippen molar-refractivity contribution in [3.05, 3.63) is 47.5 Å². The molecule has 2 aliphatic heterocycles. The van der Waals surface area contributed by atoms with Crippen LogP contribution in [0.1, 0.15) is 24.2 Å². The topological polar surface area (TPSA) is 110 Å². The summed E-state index contributed by atoms with van der Waals surface area (Å²) < 4.78 is 32.1. The highest BCUT2D eigenvalue weighted by Crippen LogP contribution is 2.44. The van der Waals surface area contributed by atoms with Gasteiger partial charge in [0.1, 0.15) is 12.7 Å². The Morgan fingerprint density at radius 2 is 1.84 bits per heavy atom. The van der Waals surface area contributed by atoms with Crippen molar-refractivity contribution in [2.45, 2.75) is 25.0 Å². The highest BCUT2D eigenvalue weighted by molar-refractivity contribution is 5.82. The minimum atomic E-state index is -1.93. The molecule has 9 nitrogen and oxygen atoms in total. The molecule has 0 saturated carbocycles. The van der Waals surface area contributed by atoms with Gasteiger partial charge in [0, 0.05) is 13.3 Å². The van der Waals surface area contributed by atoms with Crippen molar-refractivity contribution in [2.75, 3.05) is 27.6 Å². The second-order valence-electron chi connectivity index (χ2n) is 7.64. The first-order valence-corrected chi connectivity index (χ1v) is 10.0. The number of esters is 2. The molecule has 9 heteroatoms. The van der Waals surface area contributed by atoms with Gasteiger partial charge in [-0.2, -0.15) is 0 Å². The molecule has 0 radical (unpaired) electrons. The number of rotatable bonds is 7. The monoisotopic (exact) mass is 444 g/mol. The highest BCUT2D eigenvalue weighted by atomic mass is 16.7. The van der Waals surface area contributed by atoms with Crippen LogP contribution < -0.4 is 18.9 Å². The first-order chi connectivity index (χ1) is 15.4. The minimum absolute atomic E-state index is 0.0573. The van der Waals surface area contributed by atoms with E-state index in [-0.39, 0.29) is 19.8 Å². The molecule has 0 unspecified atom stereocenters. The van der Waals surface area contributed by atoms with Crippen LogP contribution in [0.5, 0.6) is 23.0 Å². The van der Waals surface area contributed by atoms with Crippen LogP contribution >= 0.6 is 0 Å². The number of ether oxygens (including phenoxy) is 6. The van der Waals surface area contributed by atoms with Crippen LogP contribution in [0, 0.1) is 5.92 Å². The van der Waals surface area contributed by atoms with Crippen molar-refractivity contribution in [1.82, 2.24) is 0 Å². The Morgan fingerprint density at radius 3 is 2.56 bits per heavy atom. The number of methoxy groups -OCH3 is 2. The maximum atomic E-state index is 12.7. The summed E-state index contributed by atoms with van der Waals surface area (Å²) in [4.78, 5) is 24.6. The molecule has 0 aromatic heterocycles. The summed E-state index contributed by atoms with van der Waals surface area (Å²) in [5.41, 5.74) is -0.749. The molecule has 1 fully saturated rings. The fourth-order valence-electron chi connectivity index (χ4n) is 4.07. The standard InChI is InChI=1S/C23H24O9/c1-13(24)32-21(15-5-7-17(27-2)19(9-15)28-3)16-11-29-22(25)23(16,26)10-14-4-6-18-20(8-14)31-12-30-18/h4-9,16,21,26H,10-12H2,1-3H3/t16-,21-,23+/m0/s1. The van der Waals surface area contributed by atoms with E-state index in [0.29, 0.717) is 34.1 Å². The van der Waals surface area contributed by atoms with Gasteiger partial charge in [0.25, 0.3) is 0 Å². The molecule has 2 heterocycles. The molecule has 2 aromatic carbocycles. The van der Waals surface area contributed by atoms with Gasteiger partial charge in [-0.05, 0) is 35.4 Å². The smallest absolute Gasteiger partial charge is 0.339 e. The molecule has 32 heavy (non-hydrogen) atoms. The Labute approximate surface area is 184 Å². The number of aliphatic hydroxyl groups is 1. The van der Waals surface area contributed by atoms with E-state index in [1.165, 1.54) is 21.1 Å². The Bertz CT molecular complexity index is 1030. The van der Waals surface area contributed by atoms with E-state index in [1.807, 2.05) is 0 Å². The summed E-state index contributed by atoms with van der Waals surface area (Å²) in [6.45, 7) is 1.26. The zero-order valence-electron chi connectivity index (χ0n) is 18.0. The van der Waals surface area contributed by atoms with E-state index < -0.39 is 29.6 Å². The maximum Gasteiger partial charge on any atom is 0.339 e. The molecule has 0 aliphatic carbocycles. The van der Waals surface area contributed by atoms with Crippen molar-refractivity contribution in [3.63, 3.8) is 0 Å². The van der Waals surface area contributed by atoms with Gasteiger partial charge in [-0.15, -0.1) is 0 Å². The quantitative estimate of drug-likeness (QED) is 0.643. The lowest BCUT2D eigenvalue weighted by Crippen LogP contribution is -2.46. The average molecular weight is 444 g/mol. The summed E-state index contributed by atoms with van der Waals surface area (Å²) in [7, 11) is 3.00. The van der Waals surface area contributed by atoms with Crippen LogP contribution in [-0.4, -0.2) is 50.3 Å². The summed E-state index contributed by atoms with van der Waals surface area (Å²) in [5.74, 6) is -0.159. The van der Waals surface area contributed by atoms with Gasteiger partial charge in [0.15, 0.2) is 28.6 Å². The SMILES string of the molecule is COc1ccc([C@H](OC(C)=O)[C@@H]2COC(=O)[C@@]2(O)Cc2ccc3c(c2)OCO3)cc1OC. The van der Waals surface area contributed by atoms with E-state index in [0.717, 1.165) is 0 Å². The lowest BCUT2D eigenvalue weighted by atomic mass is 9.79. The zero-order chi connectivity index (χ0) is 22.9. The van der Waals surface area contributed by atoms with Crippen LogP contribution in [0.25, 0.3) is 0 Å². The Morgan fingerprint density at radius 1 is 1.09 bits per heavy atom. The van der Waals surface area contributed by atoms with Gasteiger partial charge in [-0.3, -0.25) is 4.79 Å². The number of carbonyl (C=O) groups excluding carboxylic acids is 2. The predicted molar refractivity (Wildman–Crippen MR) is 110 cm³/mol. The Kier molecular flexibility index (Phi) is 5.84. The van der Waals surface area contributed by atoms with Crippen molar-refractivity contribution >= 4 is 11.9 Å². The van der Waals surface area contributed by atoms with Crippen LogP contribution in [0.2, 0.25) is 0 Å². The normalized spacial score (nSPS) is 22.2. The number of hydrogen-bond acceptors (Lipinski definition) is 9. The molecule has 170 valence electrons. The maximum absolute atomic E-state index is 12.7. The average Bonchev–Trinajstić information content (AvgIpc) is 3.35. The lowest BCUT2D eigenvalue weighted by Gasteiger charge is -2.31. The predicted octanol–water partition coefficient (Wildman–Crippen LogP) is 2.18. The van der Waals surface area contributed by atoms with Crippen molar-refractivity contribution in [2.24, 2.45) is 5.92 Å². The van der Waals surface area contributed by atoms with Crippen LogP contribution in [0.3, 0.4) is 0 Å². The van der Waals surface area contributed by atoms with Crippen molar-refractivity contribution in [1.29, 1.82) is 0 Å². The molecule has 3 atom stereocenters. The van der Waals surface area contributed by atoms with E-state index in [9.17, 15) is 14.7 Å². The molecular weight excluding hydrogens is 420 g/mol. The van der Waals surface area contributed by atoms with Crippen LogP contribution in [0.15, 0.2) is 36.4 Å². The fourth-order valence-corrected chi connectivity index (χ4v) is 4.07. The Hall–Kier alpha value is -3.46. The summed E-state index contributed by atoms with van der Waals surface area (Å²) in [6.07, 6.45) is -1.02. The zero-order valence-corrected chi connectivity index (χ0v) is 18.0. The fraction of sp³-hybridized carbons (Fsp3) is 0.391. The van der Waals surface area contributed by atoms with Gasteiger partial charge in [0.2, 0.25) is 6.79 Å². The summed E-state index contributed by atoms with van der Waals surface area (Å²) in [6, 6.07) is 10.2. The van der Waals surface area contributed by atoms with E-state index >= 15 is 0 Å². The number of carbonyl (C=O) groups is 2. The van der Waals surface area contributed by atoms with Gasteiger partial charge < -0.3 is 33.5 Å². The summed E-state index contributed by atoms with van der Waals surface area (Å²) in [5, 5.41) is 11.5. The molecule has 0 bridgehead atoms. The van der Waals surface area contributed by atoms with Crippen molar-refractivity contribution < 1.29 is 43.1 Å². The molecule has 2 aliphatic rings. The van der Waals surface area contributed by atoms with Crippen molar-refractivity contribution in [3.8, 4) is 23.0 Å². The second kappa shape index (κ2) is 8.58. The third-order valence-corrected chi connectivity index (χ3v) is 5.67. The van der Waals surface area contributed by atoms with Gasteiger partial charge in [-0.25, -0.2) is 4.79 Å². The van der Waals surface area contributed by atoms with Crippen LogP contribution in [0.4, 0.5) is 0 Å².